The van der Waals surface area contributed by atoms with E-state index >= 15 is 0 Å². The zero-order chi connectivity index (χ0) is 24.2. The van der Waals surface area contributed by atoms with Crippen LogP contribution in [0, 0.1) is 26.6 Å². The molecule has 4 aromatic rings. The number of nitrogens with one attached hydrogen (secondary N) is 1. The summed E-state index contributed by atoms with van der Waals surface area (Å²) in [6, 6.07) is 20.5. The van der Waals surface area contributed by atoms with E-state index in [1.54, 1.807) is 18.2 Å². The molecule has 34 heavy (non-hydrogen) atoms. The summed E-state index contributed by atoms with van der Waals surface area (Å²) in [5.74, 6) is -0.0547. The average Bonchev–Trinajstić information content (AvgIpc) is 3.18. The number of thioether (sulfide) groups is 1. The van der Waals surface area contributed by atoms with E-state index in [0.29, 0.717) is 23.1 Å². The first-order valence-corrected chi connectivity index (χ1v) is 12.0. The summed E-state index contributed by atoms with van der Waals surface area (Å²) in [7, 11) is 0. The van der Waals surface area contributed by atoms with E-state index in [1.165, 1.54) is 17.8 Å². The number of carbonyl (C=O) groups is 1. The molecule has 1 atom stereocenters. The lowest BCUT2D eigenvalue weighted by Crippen LogP contribution is -2.24. The van der Waals surface area contributed by atoms with Gasteiger partial charge in [-0.25, -0.2) is 4.39 Å². The molecule has 0 aliphatic rings. The van der Waals surface area contributed by atoms with Crippen LogP contribution in [0.15, 0.2) is 71.9 Å². The van der Waals surface area contributed by atoms with Gasteiger partial charge < -0.3 is 5.32 Å². The molecular weight excluding hydrogens is 447 g/mol. The van der Waals surface area contributed by atoms with Gasteiger partial charge in [-0.3, -0.25) is 9.36 Å². The summed E-state index contributed by atoms with van der Waals surface area (Å²) in [6.45, 7) is 8.32. The van der Waals surface area contributed by atoms with E-state index in [0.717, 1.165) is 27.9 Å². The number of anilines is 1. The molecule has 0 aliphatic heterocycles. The Morgan fingerprint density at radius 2 is 1.65 bits per heavy atom. The second-order valence-electron chi connectivity index (χ2n) is 8.38. The van der Waals surface area contributed by atoms with Crippen molar-refractivity contribution in [3.63, 3.8) is 0 Å². The Bertz CT molecular complexity index is 1300. The molecule has 4 rings (SSSR count). The fourth-order valence-corrected chi connectivity index (χ4v) is 4.79. The Morgan fingerprint density at radius 3 is 2.32 bits per heavy atom. The molecule has 174 valence electrons. The molecule has 0 radical (unpaired) electrons. The topological polar surface area (TPSA) is 59.8 Å². The lowest BCUT2D eigenvalue weighted by atomic mass is 10.1. The summed E-state index contributed by atoms with van der Waals surface area (Å²) >= 11 is 1.31. The van der Waals surface area contributed by atoms with Crippen LogP contribution in [0.5, 0.6) is 0 Å². The number of rotatable bonds is 7. The average molecular weight is 475 g/mol. The smallest absolute Gasteiger partial charge is 0.237 e. The van der Waals surface area contributed by atoms with Crippen molar-refractivity contribution in [2.45, 2.75) is 44.6 Å². The molecule has 0 aliphatic carbocycles. The third kappa shape index (κ3) is 5.20. The van der Waals surface area contributed by atoms with E-state index in [-0.39, 0.29) is 11.7 Å². The predicted molar refractivity (Wildman–Crippen MR) is 136 cm³/mol. The molecule has 3 aromatic carbocycles. The SMILES string of the molecule is Cc1cc(C)c(NC(=O)C(C)Sc2nnc(-c3ccccc3F)n2Cc2ccccc2)c(C)c1. The summed E-state index contributed by atoms with van der Waals surface area (Å²) in [6.07, 6.45) is 0. The molecular formula is C27H27FN4OS. The fourth-order valence-electron chi connectivity index (χ4n) is 3.94. The largest absolute Gasteiger partial charge is 0.325 e. The van der Waals surface area contributed by atoms with Crippen LogP contribution in [-0.4, -0.2) is 25.9 Å². The third-order valence-electron chi connectivity index (χ3n) is 5.59. The van der Waals surface area contributed by atoms with E-state index in [9.17, 15) is 9.18 Å². The minimum absolute atomic E-state index is 0.123. The molecule has 0 bridgehead atoms. The highest BCUT2D eigenvalue weighted by atomic mass is 32.2. The molecule has 1 aromatic heterocycles. The number of aryl methyl sites for hydroxylation is 3. The van der Waals surface area contributed by atoms with Crippen molar-refractivity contribution >= 4 is 23.4 Å². The van der Waals surface area contributed by atoms with Gasteiger partial charge in [0.25, 0.3) is 0 Å². The molecule has 1 amide bonds. The summed E-state index contributed by atoms with van der Waals surface area (Å²) in [5, 5.41) is 11.8. The predicted octanol–water partition coefficient (Wildman–Crippen LogP) is 6.18. The zero-order valence-corrected chi connectivity index (χ0v) is 20.5. The van der Waals surface area contributed by atoms with E-state index in [4.69, 9.17) is 0 Å². The van der Waals surface area contributed by atoms with Crippen LogP contribution in [-0.2, 0) is 11.3 Å². The van der Waals surface area contributed by atoms with Gasteiger partial charge in [0, 0.05) is 5.69 Å². The summed E-state index contributed by atoms with van der Waals surface area (Å²) < 4.78 is 16.5. The first-order chi connectivity index (χ1) is 16.3. The van der Waals surface area contributed by atoms with Crippen molar-refractivity contribution in [3.05, 3.63) is 94.8 Å². The van der Waals surface area contributed by atoms with Crippen LogP contribution in [0.2, 0.25) is 0 Å². The van der Waals surface area contributed by atoms with Gasteiger partial charge in [0.15, 0.2) is 11.0 Å². The number of benzene rings is 3. The number of hydrogen-bond acceptors (Lipinski definition) is 4. The standard InChI is InChI=1S/C27H27FN4OS/c1-17-14-18(2)24(19(3)15-17)29-26(33)20(4)34-27-31-30-25(22-12-8-9-13-23(22)28)32(27)16-21-10-6-5-7-11-21/h5-15,20H,16H2,1-4H3,(H,29,33). The highest BCUT2D eigenvalue weighted by Crippen LogP contribution is 2.30. The van der Waals surface area contributed by atoms with Gasteiger partial charge in [-0.15, -0.1) is 10.2 Å². The van der Waals surface area contributed by atoms with Crippen molar-refractivity contribution < 1.29 is 9.18 Å². The maximum Gasteiger partial charge on any atom is 0.237 e. The number of nitrogens with zero attached hydrogens (tertiary/aromatic N) is 3. The Hall–Kier alpha value is -3.45. The van der Waals surface area contributed by atoms with Gasteiger partial charge in [0.05, 0.1) is 17.4 Å². The quantitative estimate of drug-likeness (QED) is 0.325. The molecule has 0 saturated carbocycles. The van der Waals surface area contributed by atoms with Gasteiger partial charge in [-0.2, -0.15) is 0 Å². The van der Waals surface area contributed by atoms with Crippen molar-refractivity contribution in [2.75, 3.05) is 5.32 Å². The molecule has 0 fully saturated rings. The van der Waals surface area contributed by atoms with E-state index in [2.05, 4.69) is 27.6 Å². The molecule has 1 unspecified atom stereocenters. The molecule has 0 spiro atoms. The molecule has 0 saturated heterocycles. The maximum atomic E-state index is 14.6. The monoisotopic (exact) mass is 474 g/mol. The van der Waals surface area contributed by atoms with Gasteiger partial charge in [-0.1, -0.05) is 71.9 Å². The van der Waals surface area contributed by atoms with Crippen LogP contribution in [0.4, 0.5) is 10.1 Å². The van der Waals surface area contributed by atoms with Crippen molar-refractivity contribution in [1.29, 1.82) is 0 Å². The van der Waals surface area contributed by atoms with Gasteiger partial charge in [-0.05, 0) is 56.5 Å². The van der Waals surface area contributed by atoms with Crippen LogP contribution in [0.25, 0.3) is 11.4 Å². The van der Waals surface area contributed by atoms with Crippen LogP contribution in [0.3, 0.4) is 0 Å². The number of hydrogen-bond donors (Lipinski definition) is 1. The Morgan fingerprint density at radius 1 is 1.00 bits per heavy atom. The molecule has 1 N–H and O–H groups in total. The minimum atomic E-state index is -0.438. The maximum absolute atomic E-state index is 14.6. The normalized spacial score (nSPS) is 11.9. The summed E-state index contributed by atoms with van der Waals surface area (Å²) in [4.78, 5) is 13.1. The summed E-state index contributed by atoms with van der Waals surface area (Å²) in [5.41, 5.74) is 5.45. The highest BCUT2D eigenvalue weighted by Gasteiger charge is 2.23. The van der Waals surface area contributed by atoms with Gasteiger partial charge in [0.1, 0.15) is 5.82 Å². The number of amides is 1. The fraction of sp³-hybridized carbons (Fsp3) is 0.222. The minimum Gasteiger partial charge on any atom is -0.325 e. The third-order valence-corrected chi connectivity index (χ3v) is 6.67. The van der Waals surface area contributed by atoms with Crippen molar-refractivity contribution in [1.82, 2.24) is 14.8 Å². The lowest BCUT2D eigenvalue weighted by Gasteiger charge is -2.17. The number of carbonyl (C=O) groups excluding carboxylic acids is 1. The molecule has 7 heteroatoms. The Balaban J connectivity index is 1.62. The second kappa shape index (κ2) is 10.2. The van der Waals surface area contributed by atoms with Crippen LogP contribution >= 0.6 is 11.8 Å². The van der Waals surface area contributed by atoms with E-state index < -0.39 is 5.25 Å². The van der Waals surface area contributed by atoms with Crippen molar-refractivity contribution in [2.24, 2.45) is 0 Å². The van der Waals surface area contributed by atoms with Gasteiger partial charge >= 0.3 is 0 Å². The second-order valence-corrected chi connectivity index (χ2v) is 9.69. The molecule has 1 heterocycles. The first kappa shape index (κ1) is 23.7. The van der Waals surface area contributed by atoms with E-state index in [1.807, 2.05) is 62.6 Å². The first-order valence-electron chi connectivity index (χ1n) is 11.1. The van der Waals surface area contributed by atoms with Gasteiger partial charge in [0.2, 0.25) is 5.91 Å². The van der Waals surface area contributed by atoms with Crippen molar-refractivity contribution in [3.8, 4) is 11.4 Å². The Labute approximate surface area is 203 Å². The highest BCUT2D eigenvalue weighted by molar-refractivity contribution is 8.00. The Kier molecular flexibility index (Phi) is 7.12. The number of halogens is 1. The van der Waals surface area contributed by atoms with Crippen LogP contribution in [0.1, 0.15) is 29.2 Å². The van der Waals surface area contributed by atoms with Crippen LogP contribution < -0.4 is 5.32 Å². The number of aromatic nitrogens is 3. The zero-order valence-electron chi connectivity index (χ0n) is 19.7. The lowest BCUT2D eigenvalue weighted by molar-refractivity contribution is -0.115. The molecule has 5 nitrogen and oxygen atoms in total.